The number of hydrogen-bond donors (Lipinski definition) is 1. The van der Waals surface area contributed by atoms with E-state index in [0.29, 0.717) is 0 Å². The van der Waals surface area contributed by atoms with Gasteiger partial charge in [0.05, 0.1) is 11.3 Å². The van der Waals surface area contributed by atoms with Gasteiger partial charge < -0.3 is 5.11 Å². The number of phenols is 1. The van der Waals surface area contributed by atoms with Gasteiger partial charge in [0.25, 0.3) is 0 Å². The number of pyridine rings is 2. The number of phenolic OH excluding ortho intramolecular Hbond substituents is 1. The van der Waals surface area contributed by atoms with Crippen LogP contribution in [0.1, 0.15) is 11.1 Å². The minimum Gasteiger partial charge on any atom is -0.515 e. The molecule has 8 rings (SSSR count). The number of rotatable bonds is 3. The third kappa shape index (κ3) is 3.78. The summed E-state index contributed by atoms with van der Waals surface area (Å²) >= 11 is 0. The van der Waals surface area contributed by atoms with Crippen LogP contribution in [0.2, 0.25) is 0 Å². The molecule has 0 saturated heterocycles. The number of fused-ring (bicyclic) bond motifs is 6. The van der Waals surface area contributed by atoms with Gasteiger partial charge >= 0.3 is 0 Å². The Balaban J connectivity index is 0.00000276. The van der Waals surface area contributed by atoms with Crippen LogP contribution in [0.15, 0.2) is 103 Å². The van der Waals surface area contributed by atoms with Gasteiger partial charge in [-0.15, -0.1) is 23.8 Å². The Bertz CT molecular complexity index is 2250. The van der Waals surface area contributed by atoms with E-state index < -0.39 is 0 Å². The molecule has 0 atom stereocenters. The van der Waals surface area contributed by atoms with Crippen LogP contribution in [0, 0.1) is 19.9 Å². The molecule has 0 spiro atoms. The molecular weight excluding hydrogens is 685 g/mol. The van der Waals surface area contributed by atoms with Gasteiger partial charge in [0.15, 0.2) is 0 Å². The molecule has 0 fully saturated rings. The van der Waals surface area contributed by atoms with Crippen molar-refractivity contribution in [2.45, 2.75) is 13.8 Å². The molecular formula is C36H24N3OPt-. The Kier molecular flexibility index (Phi) is 5.92. The number of benzene rings is 4. The molecule has 0 aliphatic heterocycles. The minimum absolute atomic E-state index is 0. The number of para-hydroxylation sites is 2. The molecule has 5 heteroatoms. The fourth-order valence-electron chi connectivity index (χ4n) is 6.26. The Morgan fingerprint density at radius 1 is 0.683 bits per heavy atom. The summed E-state index contributed by atoms with van der Waals surface area (Å²) < 4.78 is 2.19. The first-order valence-electron chi connectivity index (χ1n) is 13.4. The zero-order valence-corrected chi connectivity index (χ0v) is 24.7. The first-order valence-corrected chi connectivity index (χ1v) is 13.4. The summed E-state index contributed by atoms with van der Waals surface area (Å²) in [6, 6.07) is 36.4. The second-order valence-corrected chi connectivity index (χ2v) is 10.5. The zero-order valence-electron chi connectivity index (χ0n) is 22.4. The summed E-state index contributed by atoms with van der Waals surface area (Å²) in [5, 5.41) is 15.3. The van der Waals surface area contributed by atoms with Crippen molar-refractivity contribution in [1.29, 1.82) is 0 Å². The van der Waals surface area contributed by atoms with Crippen molar-refractivity contribution in [3.63, 3.8) is 0 Å². The largest absolute Gasteiger partial charge is 0.515 e. The van der Waals surface area contributed by atoms with Crippen LogP contribution < -0.4 is 0 Å². The Labute approximate surface area is 251 Å². The number of aromatic nitrogens is 3. The van der Waals surface area contributed by atoms with Crippen molar-refractivity contribution >= 4 is 38.4 Å². The van der Waals surface area contributed by atoms with Crippen LogP contribution in [0.5, 0.6) is 5.75 Å². The van der Waals surface area contributed by atoms with E-state index in [1.807, 2.05) is 30.5 Å². The van der Waals surface area contributed by atoms with Gasteiger partial charge in [0, 0.05) is 54.5 Å². The monoisotopic (exact) mass is 709 g/mol. The van der Waals surface area contributed by atoms with Gasteiger partial charge in [-0.2, -0.15) is 0 Å². The van der Waals surface area contributed by atoms with E-state index in [-0.39, 0.29) is 26.8 Å². The van der Waals surface area contributed by atoms with Gasteiger partial charge in [-0.1, -0.05) is 77.9 Å². The molecule has 0 unspecified atom stereocenters. The van der Waals surface area contributed by atoms with Crippen molar-refractivity contribution in [2.24, 2.45) is 0 Å². The van der Waals surface area contributed by atoms with Crippen LogP contribution in [0.25, 0.3) is 71.9 Å². The van der Waals surface area contributed by atoms with Gasteiger partial charge in [-0.25, -0.2) is 4.98 Å². The molecule has 4 aromatic carbocycles. The van der Waals surface area contributed by atoms with Crippen LogP contribution in [0.4, 0.5) is 0 Å². The SMILES string of the molecule is Cc1cccc(C)c1-c1cc(-c2ccc3c4cccc5c6cccnc6n(c3n2)c54)[c-]c(-c2ccccc2O)c1.[Pt]. The molecule has 0 aliphatic carbocycles. The Hall–Kier alpha value is -4.53. The number of aryl methyl sites for hydroxylation is 2. The summed E-state index contributed by atoms with van der Waals surface area (Å²) in [6.07, 6.45) is 1.84. The molecule has 200 valence electrons. The molecule has 1 N–H and O–H groups in total. The quantitative estimate of drug-likeness (QED) is 0.187. The van der Waals surface area contributed by atoms with E-state index in [4.69, 9.17) is 9.97 Å². The zero-order chi connectivity index (χ0) is 27.0. The van der Waals surface area contributed by atoms with E-state index in [1.54, 1.807) is 6.07 Å². The van der Waals surface area contributed by atoms with Crippen molar-refractivity contribution in [2.75, 3.05) is 0 Å². The molecule has 0 bridgehead atoms. The number of nitrogens with zero attached hydrogens (tertiary/aromatic N) is 3. The first kappa shape index (κ1) is 25.4. The second kappa shape index (κ2) is 9.54. The molecule has 8 aromatic rings. The Morgan fingerprint density at radius 3 is 2.15 bits per heavy atom. The predicted octanol–water partition coefficient (Wildman–Crippen LogP) is 8.75. The maximum Gasteiger partial charge on any atom is 0.146 e. The van der Waals surface area contributed by atoms with Crippen molar-refractivity contribution in [3.8, 4) is 39.3 Å². The van der Waals surface area contributed by atoms with E-state index in [2.05, 4.69) is 91.0 Å². The Morgan fingerprint density at radius 2 is 1.37 bits per heavy atom. The van der Waals surface area contributed by atoms with Crippen molar-refractivity contribution in [1.82, 2.24) is 14.4 Å². The molecule has 0 amide bonds. The topological polar surface area (TPSA) is 50.4 Å². The van der Waals surface area contributed by atoms with E-state index >= 15 is 0 Å². The number of aromatic hydroxyl groups is 1. The molecule has 4 heterocycles. The molecule has 0 saturated carbocycles. The van der Waals surface area contributed by atoms with Gasteiger partial charge in [-0.3, -0.25) is 9.38 Å². The predicted molar refractivity (Wildman–Crippen MR) is 163 cm³/mol. The molecule has 41 heavy (non-hydrogen) atoms. The summed E-state index contributed by atoms with van der Waals surface area (Å²) in [7, 11) is 0. The maximum atomic E-state index is 10.7. The van der Waals surface area contributed by atoms with Crippen LogP contribution >= 0.6 is 0 Å². The summed E-state index contributed by atoms with van der Waals surface area (Å²) in [5.41, 5.74) is 10.9. The van der Waals surface area contributed by atoms with Crippen LogP contribution in [-0.4, -0.2) is 19.5 Å². The number of hydrogen-bond acceptors (Lipinski definition) is 3. The summed E-state index contributed by atoms with van der Waals surface area (Å²) in [4.78, 5) is 10.00. The standard InChI is InChI=1S/C36H24N3O.Pt/c1-21-8-5-9-22(2)33(21)25-19-23(26-10-3-4-14-32(26)40)18-24(20-25)31-16-15-30-28-12-6-11-27-29-13-7-17-37-35(29)39(34(27)28)36(30)38-31;/h3-17,19-20,40H,1-2H3;/q-1;. The molecule has 0 radical (unpaired) electrons. The normalized spacial score (nSPS) is 11.6. The minimum atomic E-state index is 0. The van der Waals surface area contributed by atoms with E-state index in [9.17, 15) is 5.11 Å². The fourth-order valence-corrected chi connectivity index (χ4v) is 6.26. The third-order valence-corrected chi connectivity index (χ3v) is 8.03. The molecule has 4 aromatic heterocycles. The molecule has 0 aliphatic rings. The van der Waals surface area contributed by atoms with Crippen LogP contribution in [-0.2, 0) is 21.1 Å². The summed E-state index contributed by atoms with van der Waals surface area (Å²) in [5.74, 6) is 0.230. The average Bonchev–Trinajstić information content (AvgIpc) is 3.49. The molecule has 4 nitrogen and oxygen atoms in total. The average molecular weight is 710 g/mol. The van der Waals surface area contributed by atoms with Crippen molar-refractivity contribution in [3.05, 3.63) is 120 Å². The maximum absolute atomic E-state index is 10.7. The van der Waals surface area contributed by atoms with Gasteiger partial charge in [0.2, 0.25) is 0 Å². The first-order chi connectivity index (χ1) is 19.6. The smallest absolute Gasteiger partial charge is 0.146 e. The van der Waals surface area contributed by atoms with Gasteiger partial charge in [-0.05, 0) is 54.3 Å². The van der Waals surface area contributed by atoms with Crippen molar-refractivity contribution < 1.29 is 26.2 Å². The second-order valence-electron chi connectivity index (χ2n) is 10.5. The van der Waals surface area contributed by atoms with E-state index in [0.717, 1.165) is 55.5 Å². The van der Waals surface area contributed by atoms with Gasteiger partial charge in [0.1, 0.15) is 11.3 Å². The third-order valence-electron chi connectivity index (χ3n) is 8.03. The van der Waals surface area contributed by atoms with E-state index in [1.165, 1.54) is 27.5 Å². The summed E-state index contributed by atoms with van der Waals surface area (Å²) in [6.45, 7) is 4.28. The van der Waals surface area contributed by atoms with Crippen LogP contribution in [0.3, 0.4) is 0 Å². The fraction of sp³-hybridized carbons (Fsp3) is 0.0556.